The normalized spacial score (nSPS) is 13.6. The summed E-state index contributed by atoms with van der Waals surface area (Å²) in [5.74, 6) is -0.0970. The molecule has 0 bridgehead atoms. The number of amides is 1. The lowest BCUT2D eigenvalue weighted by Crippen LogP contribution is -2.50. The van der Waals surface area contributed by atoms with Crippen LogP contribution >= 0.6 is 24.8 Å². The number of benzene rings is 1. The third-order valence-electron chi connectivity index (χ3n) is 3.49. The van der Waals surface area contributed by atoms with Crippen LogP contribution in [0.2, 0.25) is 0 Å². The van der Waals surface area contributed by atoms with E-state index in [2.05, 4.69) is 22.3 Å². The van der Waals surface area contributed by atoms with Crippen molar-refractivity contribution in [1.29, 1.82) is 0 Å². The third kappa shape index (κ3) is 6.97. The van der Waals surface area contributed by atoms with Crippen molar-refractivity contribution in [3.8, 4) is 0 Å². The van der Waals surface area contributed by atoms with Crippen molar-refractivity contribution in [2.24, 2.45) is 11.1 Å². The highest BCUT2D eigenvalue weighted by Gasteiger charge is 2.28. The smallest absolute Gasteiger partial charge is 0.237 e. The zero-order valence-corrected chi connectivity index (χ0v) is 15.6. The highest BCUT2D eigenvalue weighted by atomic mass is 35.5. The van der Waals surface area contributed by atoms with Crippen molar-refractivity contribution in [1.82, 2.24) is 10.2 Å². The van der Waals surface area contributed by atoms with Gasteiger partial charge in [-0.3, -0.25) is 4.79 Å². The van der Waals surface area contributed by atoms with Gasteiger partial charge in [0.15, 0.2) is 0 Å². The minimum Gasteiger partial charge on any atom is -0.353 e. The molecular formula is C16H29Cl2N3O. The fourth-order valence-electron chi connectivity index (χ4n) is 1.97. The summed E-state index contributed by atoms with van der Waals surface area (Å²) in [7, 11) is 4.01. The molecule has 4 nitrogen and oxygen atoms in total. The average molecular weight is 350 g/mol. The Morgan fingerprint density at radius 2 is 1.68 bits per heavy atom. The van der Waals surface area contributed by atoms with Crippen LogP contribution in [-0.4, -0.2) is 37.5 Å². The Balaban J connectivity index is 0. The Hall–Kier alpha value is -0.810. The number of nitrogens with one attached hydrogen (secondary N) is 1. The van der Waals surface area contributed by atoms with Gasteiger partial charge in [-0.25, -0.2) is 0 Å². The first-order valence-corrected chi connectivity index (χ1v) is 6.98. The first kappa shape index (κ1) is 23.5. The van der Waals surface area contributed by atoms with Crippen molar-refractivity contribution >= 4 is 30.7 Å². The summed E-state index contributed by atoms with van der Waals surface area (Å²) in [6.45, 7) is 6.47. The molecule has 1 aromatic rings. The lowest BCUT2D eigenvalue weighted by Gasteiger charge is -2.29. The first-order valence-electron chi connectivity index (χ1n) is 6.98. The zero-order valence-electron chi connectivity index (χ0n) is 14.0. The number of hydrogen-bond donors (Lipinski definition) is 2. The SMILES string of the molecule is CN(C)C(CNC(=O)[C@@H](N)C(C)(C)C)c1ccccc1.Cl.Cl. The minimum atomic E-state index is -0.499. The maximum Gasteiger partial charge on any atom is 0.237 e. The number of nitrogens with zero attached hydrogens (tertiary/aromatic N) is 1. The topological polar surface area (TPSA) is 58.4 Å². The summed E-state index contributed by atoms with van der Waals surface area (Å²) in [6, 6.07) is 9.79. The molecular weight excluding hydrogens is 321 g/mol. The van der Waals surface area contributed by atoms with Gasteiger partial charge in [0.25, 0.3) is 0 Å². The Bertz CT molecular complexity index is 433. The molecule has 0 saturated carbocycles. The Morgan fingerprint density at radius 3 is 2.09 bits per heavy atom. The standard InChI is InChI=1S/C16H27N3O.2ClH/c1-16(2,3)14(17)15(20)18-11-13(19(4)5)12-9-7-6-8-10-12;;/h6-10,13-14H,11,17H2,1-5H3,(H,18,20);2*1H/t13?,14-;;/m1../s1. The van der Waals surface area contributed by atoms with E-state index in [1.807, 2.05) is 53.1 Å². The van der Waals surface area contributed by atoms with E-state index in [9.17, 15) is 4.79 Å². The number of likely N-dealkylation sites (N-methyl/N-ethyl adjacent to an activating group) is 1. The fourth-order valence-corrected chi connectivity index (χ4v) is 1.97. The molecule has 3 N–H and O–H groups in total. The Kier molecular flexibility index (Phi) is 10.7. The summed E-state index contributed by atoms with van der Waals surface area (Å²) in [5.41, 5.74) is 6.92. The molecule has 128 valence electrons. The molecule has 0 radical (unpaired) electrons. The highest BCUT2D eigenvalue weighted by molar-refractivity contribution is 5.85. The van der Waals surface area contributed by atoms with E-state index in [0.29, 0.717) is 6.54 Å². The number of rotatable bonds is 5. The molecule has 22 heavy (non-hydrogen) atoms. The van der Waals surface area contributed by atoms with E-state index in [4.69, 9.17) is 5.73 Å². The molecule has 1 amide bonds. The van der Waals surface area contributed by atoms with Gasteiger partial charge < -0.3 is 16.0 Å². The van der Waals surface area contributed by atoms with Gasteiger partial charge in [0.05, 0.1) is 12.1 Å². The largest absolute Gasteiger partial charge is 0.353 e. The van der Waals surface area contributed by atoms with Gasteiger partial charge in [-0.05, 0) is 25.1 Å². The first-order chi connectivity index (χ1) is 9.23. The second kappa shape index (κ2) is 10.1. The van der Waals surface area contributed by atoms with E-state index >= 15 is 0 Å². The van der Waals surface area contributed by atoms with E-state index in [1.54, 1.807) is 0 Å². The van der Waals surface area contributed by atoms with Crippen molar-refractivity contribution in [3.63, 3.8) is 0 Å². The van der Waals surface area contributed by atoms with Crippen molar-refractivity contribution in [2.45, 2.75) is 32.9 Å². The zero-order chi connectivity index (χ0) is 15.3. The van der Waals surface area contributed by atoms with Crippen LogP contribution in [0.1, 0.15) is 32.4 Å². The van der Waals surface area contributed by atoms with Crippen molar-refractivity contribution in [3.05, 3.63) is 35.9 Å². The van der Waals surface area contributed by atoms with E-state index in [0.717, 1.165) is 0 Å². The molecule has 6 heteroatoms. The van der Waals surface area contributed by atoms with Crippen LogP contribution in [0, 0.1) is 5.41 Å². The van der Waals surface area contributed by atoms with Crippen LogP contribution in [0.25, 0.3) is 0 Å². The molecule has 1 unspecified atom stereocenters. The van der Waals surface area contributed by atoms with Crippen LogP contribution in [0.4, 0.5) is 0 Å². The monoisotopic (exact) mass is 349 g/mol. The predicted octanol–water partition coefficient (Wildman–Crippen LogP) is 2.62. The summed E-state index contributed by atoms with van der Waals surface area (Å²) in [5, 5.41) is 2.96. The van der Waals surface area contributed by atoms with Gasteiger partial charge in [0.2, 0.25) is 5.91 Å². The summed E-state index contributed by atoms with van der Waals surface area (Å²) in [4.78, 5) is 14.2. The molecule has 0 aromatic heterocycles. The Labute approximate surface area is 146 Å². The molecule has 0 fully saturated rings. The lowest BCUT2D eigenvalue weighted by atomic mass is 9.87. The van der Waals surface area contributed by atoms with Gasteiger partial charge in [-0.2, -0.15) is 0 Å². The molecule has 1 rings (SSSR count). The second-order valence-corrected chi connectivity index (χ2v) is 6.48. The molecule has 0 spiro atoms. The third-order valence-corrected chi connectivity index (χ3v) is 3.49. The van der Waals surface area contributed by atoms with Crippen LogP contribution in [0.3, 0.4) is 0 Å². The fraction of sp³-hybridized carbons (Fsp3) is 0.562. The van der Waals surface area contributed by atoms with E-state index in [-0.39, 0.29) is 42.2 Å². The molecule has 0 saturated heterocycles. The van der Waals surface area contributed by atoms with Crippen LogP contribution in [-0.2, 0) is 4.79 Å². The number of nitrogens with two attached hydrogens (primary N) is 1. The number of hydrogen-bond acceptors (Lipinski definition) is 3. The molecule has 2 atom stereocenters. The minimum absolute atomic E-state index is 0. The molecule has 0 aliphatic carbocycles. The van der Waals surface area contributed by atoms with Crippen LogP contribution in [0.5, 0.6) is 0 Å². The second-order valence-electron chi connectivity index (χ2n) is 6.48. The maximum absolute atomic E-state index is 12.1. The summed E-state index contributed by atoms with van der Waals surface area (Å²) < 4.78 is 0. The van der Waals surface area contributed by atoms with Crippen molar-refractivity contribution in [2.75, 3.05) is 20.6 Å². The predicted molar refractivity (Wildman–Crippen MR) is 97.8 cm³/mol. The molecule has 0 aliphatic rings. The Morgan fingerprint density at radius 1 is 1.18 bits per heavy atom. The quantitative estimate of drug-likeness (QED) is 0.858. The van der Waals surface area contributed by atoms with Gasteiger partial charge in [0, 0.05) is 6.54 Å². The molecule has 1 aromatic carbocycles. The number of carbonyl (C=O) groups is 1. The molecule has 0 heterocycles. The summed E-state index contributed by atoms with van der Waals surface area (Å²) >= 11 is 0. The van der Waals surface area contributed by atoms with E-state index < -0.39 is 6.04 Å². The van der Waals surface area contributed by atoms with Crippen LogP contribution < -0.4 is 11.1 Å². The van der Waals surface area contributed by atoms with Crippen LogP contribution in [0.15, 0.2) is 30.3 Å². The maximum atomic E-state index is 12.1. The van der Waals surface area contributed by atoms with Gasteiger partial charge in [0.1, 0.15) is 0 Å². The van der Waals surface area contributed by atoms with Gasteiger partial charge >= 0.3 is 0 Å². The lowest BCUT2D eigenvalue weighted by molar-refractivity contribution is -0.124. The molecule has 0 aliphatic heterocycles. The van der Waals surface area contributed by atoms with E-state index in [1.165, 1.54) is 5.56 Å². The summed E-state index contributed by atoms with van der Waals surface area (Å²) in [6.07, 6.45) is 0. The number of halogens is 2. The highest BCUT2D eigenvalue weighted by Crippen LogP contribution is 2.19. The number of carbonyl (C=O) groups excluding carboxylic acids is 1. The average Bonchev–Trinajstić information content (AvgIpc) is 2.37. The van der Waals surface area contributed by atoms with Gasteiger partial charge in [-0.15, -0.1) is 24.8 Å². The van der Waals surface area contributed by atoms with Gasteiger partial charge in [-0.1, -0.05) is 51.1 Å². The van der Waals surface area contributed by atoms with Crippen molar-refractivity contribution < 1.29 is 4.79 Å².